The molecule has 0 unspecified atom stereocenters. The van der Waals surface area contributed by atoms with E-state index in [1.165, 1.54) is 5.56 Å². The van der Waals surface area contributed by atoms with E-state index in [4.69, 9.17) is 0 Å². The normalized spacial score (nSPS) is 13.6. The van der Waals surface area contributed by atoms with Gasteiger partial charge < -0.3 is 10.6 Å². The number of rotatable bonds is 2. The third kappa shape index (κ3) is 2.69. The lowest BCUT2D eigenvalue weighted by molar-refractivity contribution is 0.102. The summed E-state index contributed by atoms with van der Waals surface area (Å²) in [4.78, 5) is 12.7. The number of nitrogens with one attached hydrogen (secondary N) is 2. The van der Waals surface area contributed by atoms with E-state index in [-0.39, 0.29) is 5.91 Å². The summed E-state index contributed by atoms with van der Waals surface area (Å²) in [7, 11) is 0. The maximum absolute atomic E-state index is 12.7. The molecular formula is C18H20N2O. The number of amides is 1. The Kier molecular flexibility index (Phi) is 3.76. The standard InChI is InChI=1S/C18H20N2O/c1-12-5-3-6-13(2)17(12)20-18(21)15-8-4-7-14-9-10-19-11-16(14)15/h3-8,19H,9-11H2,1-2H3,(H,20,21). The van der Waals surface area contributed by atoms with Crippen molar-refractivity contribution in [3.8, 4) is 0 Å². The number of benzene rings is 2. The van der Waals surface area contributed by atoms with Crippen molar-refractivity contribution >= 4 is 11.6 Å². The fraction of sp³-hybridized carbons (Fsp3) is 0.278. The topological polar surface area (TPSA) is 41.1 Å². The first-order chi connectivity index (χ1) is 10.2. The van der Waals surface area contributed by atoms with Crippen LogP contribution in [0.25, 0.3) is 0 Å². The molecule has 21 heavy (non-hydrogen) atoms. The van der Waals surface area contributed by atoms with Gasteiger partial charge in [0.25, 0.3) is 5.91 Å². The highest BCUT2D eigenvalue weighted by molar-refractivity contribution is 6.06. The van der Waals surface area contributed by atoms with E-state index in [1.54, 1.807) is 0 Å². The van der Waals surface area contributed by atoms with Crippen LogP contribution in [0.4, 0.5) is 5.69 Å². The van der Waals surface area contributed by atoms with Crippen molar-refractivity contribution in [2.24, 2.45) is 0 Å². The maximum atomic E-state index is 12.7. The van der Waals surface area contributed by atoms with Crippen molar-refractivity contribution in [1.29, 1.82) is 0 Å². The molecule has 3 rings (SSSR count). The quantitative estimate of drug-likeness (QED) is 0.887. The minimum absolute atomic E-state index is 0.0204. The van der Waals surface area contributed by atoms with Crippen LogP contribution >= 0.6 is 0 Å². The first-order valence-corrected chi connectivity index (χ1v) is 7.36. The van der Waals surface area contributed by atoms with Crippen LogP contribution in [0.3, 0.4) is 0 Å². The maximum Gasteiger partial charge on any atom is 0.256 e. The Morgan fingerprint density at radius 1 is 1.10 bits per heavy atom. The molecule has 1 aliphatic rings. The number of anilines is 1. The molecule has 0 saturated heterocycles. The molecule has 0 fully saturated rings. The van der Waals surface area contributed by atoms with Gasteiger partial charge in [-0.2, -0.15) is 0 Å². The third-order valence-electron chi connectivity index (χ3n) is 4.11. The lowest BCUT2D eigenvalue weighted by Crippen LogP contribution is -2.27. The van der Waals surface area contributed by atoms with E-state index in [0.717, 1.165) is 47.5 Å². The smallest absolute Gasteiger partial charge is 0.256 e. The van der Waals surface area contributed by atoms with Crippen molar-refractivity contribution in [2.75, 3.05) is 11.9 Å². The van der Waals surface area contributed by atoms with E-state index < -0.39 is 0 Å². The number of hydrogen-bond donors (Lipinski definition) is 2. The van der Waals surface area contributed by atoms with Crippen molar-refractivity contribution in [2.45, 2.75) is 26.8 Å². The van der Waals surface area contributed by atoms with E-state index in [1.807, 2.05) is 44.2 Å². The first kappa shape index (κ1) is 13.8. The second-order valence-corrected chi connectivity index (χ2v) is 5.59. The van der Waals surface area contributed by atoms with Crippen LogP contribution in [-0.4, -0.2) is 12.5 Å². The second-order valence-electron chi connectivity index (χ2n) is 5.59. The van der Waals surface area contributed by atoms with Gasteiger partial charge in [0.2, 0.25) is 0 Å². The SMILES string of the molecule is Cc1cccc(C)c1NC(=O)c1cccc2c1CNCC2. The second kappa shape index (κ2) is 5.70. The first-order valence-electron chi connectivity index (χ1n) is 7.36. The van der Waals surface area contributed by atoms with Gasteiger partial charge in [0, 0.05) is 17.8 Å². The van der Waals surface area contributed by atoms with Crippen LogP contribution in [0.5, 0.6) is 0 Å². The zero-order chi connectivity index (χ0) is 14.8. The minimum atomic E-state index is -0.0204. The van der Waals surface area contributed by atoms with E-state index in [0.29, 0.717) is 0 Å². The average molecular weight is 280 g/mol. The summed E-state index contributed by atoms with van der Waals surface area (Å²) in [6, 6.07) is 12.1. The molecule has 2 aromatic rings. The van der Waals surface area contributed by atoms with Crippen LogP contribution in [0.1, 0.15) is 32.6 Å². The van der Waals surface area contributed by atoms with Gasteiger partial charge in [0.15, 0.2) is 0 Å². The summed E-state index contributed by atoms with van der Waals surface area (Å²) >= 11 is 0. The monoisotopic (exact) mass is 280 g/mol. The molecule has 2 N–H and O–H groups in total. The molecule has 2 aromatic carbocycles. The molecule has 3 nitrogen and oxygen atoms in total. The molecule has 1 amide bonds. The van der Waals surface area contributed by atoms with Gasteiger partial charge in [0.1, 0.15) is 0 Å². The van der Waals surface area contributed by atoms with Crippen LogP contribution in [0, 0.1) is 13.8 Å². The minimum Gasteiger partial charge on any atom is -0.321 e. The Balaban J connectivity index is 1.93. The van der Waals surface area contributed by atoms with Gasteiger partial charge in [-0.05, 0) is 55.1 Å². The lowest BCUT2D eigenvalue weighted by atomic mass is 9.95. The molecule has 0 saturated carbocycles. The molecule has 108 valence electrons. The van der Waals surface area contributed by atoms with Crippen LogP contribution in [-0.2, 0) is 13.0 Å². The fourth-order valence-electron chi connectivity index (χ4n) is 2.92. The summed E-state index contributed by atoms with van der Waals surface area (Å²) in [5, 5.41) is 6.42. The van der Waals surface area contributed by atoms with Crippen LogP contribution in [0.15, 0.2) is 36.4 Å². The van der Waals surface area contributed by atoms with Crippen molar-refractivity contribution in [3.05, 3.63) is 64.2 Å². The Hall–Kier alpha value is -2.13. The number of para-hydroxylation sites is 1. The molecule has 0 radical (unpaired) electrons. The summed E-state index contributed by atoms with van der Waals surface area (Å²) < 4.78 is 0. The highest BCUT2D eigenvalue weighted by Gasteiger charge is 2.18. The number of carbonyl (C=O) groups is 1. The van der Waals surface area contributed by atoms with Crippen molar-refractivity contribution in [3.63, 3.8) is 0 Å². The summed E-state index contributed by atoms with van der Waals surface area (Å²) in [6.07, 6.45) is 0.986. The molecule has 0 atom stereocenters. The number of aryl methyl sites for hydroxylation is 2. The van der Waals surface area contributed by atoms with Gasteiger partial charge in [-0.3, -0.25) is 4.79 Å². The van der Waals surface area contributed by atoms with E-state index in [2.05, 4.69) is 16.7 Å². The number of fused-ring (bicyclic) bond motifs is 1. The van der Waals surface area contributed by atoms with Crippen LogP contribution in [0.2, 0.25) is 0 Å². The molecule has 0 aliphatic carbocycles. The molecular weight excluding hydrogens is 260 g/mol. The Labute approximate surface area is 125 Å². The molecule has 0 aromatic heterocycles. The average Bonchev–Trinajstić information content (AvgIpc) is 2.50. The van der Waals surface area contributed by atoms with E-state index >= 15 is 0 Å². The summed E-state index contributed by atoms with van der Waals surface area (Å²) in [5.41, 5.74) is 6.29. The Morgan fingerprint density at radius 2 is 1.81 bits per heavy atom. The van der Waals surface area contributed by atoms with Gasteiger partial charge in [-0.15, -0.1) is 0 Å². The van der Waals surface area contributed by atoms with Crippen LogP contribution < -0.4 is 10.6 Å². The zero-order valence-electron chi connectivity index (χ0n) is 12.5. The predicted molar refractivity (Wildman–Crippen MR) is 85.7 cm³/mol. The van der Waals surface area contributed by atoms with Gasteiger partial charge in [0.05, 0.1) is 0 Å². The van der Waals surface area contributed by atoms with Gasteiger partial charge in [-0.1, -0.05) is 30.3 Å². The summed E-state index contributed by atoms with van der Waals surface area (Å²) in [6.45, 7) is 5.79. The van der Waals surface area contributed by atoms with Crippen molar-refractivity contribution < 1.29 is 4.79 Å². The fourth-order valence-corrected chi connectivity index (χ4v) is 2.92. The predicted octanol–water partition coefficient (Wildman–Crippen LogP) is 3.20. The van der Waals surface area contributed by atoms with Crippen molar-refractivity contribution in [1.82, 2.24) is 5.32 Å². The largest absolute Gasteiger partial charge is 0.321 e. The lowest BCUT2D eigenvalue weighted by Gasteiger charge is -2.20. The third-order valence-corrected chi connectivity index (χ3v) is 4.11. The Bertz CT molecular complexity index is 671. The number of hydrogen-bond acceptors (Lipinski definition) is 2. The Morgan fingerprint density at radius 3 is 2.57 bits per heavy atom. The van der Waals surface area contributed by atoms with E-state index in [9.17, 15) is 4.79 Å². The zero-order valence-corrected chi connectivity index (χ0v) is 12.5. The molecule has 1 aliphatic heterocycles. The highest BCUT2D eigenvalue weighted by Crippen LogP contribution is 2.23. The van der Waals surface area contributed by atoms with Gasteiger partial charge >= 0.3 is 0 Å². The van der Waals surface area contributed by atoms with Gasteiger partial charge in [-0.25, -0.2) is 0 Å². The highest BCUT2D eigenvalue weighted by atomic mass is 16.1. The molecule has 3 heteroatoms. The molecule has 1 heterocycles. The molecule has 0 spiro atoms. The summed E-state index contributed by atoms with van der Waals surface area (Å²) in [5.74, 6) is -0.0204. The number of carbonyl (C=O) groups excluding carboxylic acids is 1. The molecule has 0 bridgehead atoms.